The Morgan fingerprint density at radius 3 is 1.91 bits per heavy atom. The van der Waals surface area contributed by atoms with Crippen LogP contribution in [-0.2, 0) is 10.0 Å². The molecular formula is C47H37ClN18O2S. The van der Waals surface area contributed by atoms with Crippen molar-refractivity contribution in [1.29, 1.82) is 0 Å². The van der Waals surface area contributed by atoms with Crippen molar-refractivity contribution in [2.45, 2.75) is 11.8 Å². The molecule has 8 heterocycles. The fraction of sp³-hybridized carbons (Fsp3) is 0.0213. The number of aromatic nitrogens is 14. The average molecular weight is 953 g/mol. The zero-order valence-corrected chi connectivity index (χ0v) is 37.6. The Bertz CT molecular complexity index is 4100. The van der Waals surface area contributed by atoms with E-state index in [1.54, 1.807) is 55.4 Å². The summed E-state index contributed by atoms with van der Waals surface area (Å²) in [4.78, 5) is 35.6. The largest absolute Gasteiger partial charge is 0.399 e. The monoisotopic (exact) mass is 952 g/mol. The van der Waals surface area contributed by atoms with E-state index in [1.165, 1.54) is 6.20 Å². The minimum Gasteiger partial charge on any atom is -0.399 e. The SMILES string of the molecule is Cc1ccc(S(=O)(=O)n2ccc3c(Nc4ccc5nc[nH]c5c4)nc(Cl)nc32)cc1.Nc1ccc2cn[nH]c2c1.c1nc2ccc(Nc3nc(Nc4ccc5cn[nH]c5c4)nc4[nH]ccc34)cc2[nH]1. The molecule has 0 radical (unpaired) electrons. The summed E-state index contributed by atoms with van der Waals surface area (Å²) in [6.45, 7) is 1.90. The molecule has 0 bridgehead atoms. The molecule has 69 heavy (non-hydrogen) atoms. The number of aromatic amines is 5. The molecule has 20 nitrogen and oxygen atoms in total. The maximum atomic E-state index is 13.1. The smallest absolute Gasteiger partial charge is 0.269 e. The van der Waals surface area contributed by atoms with E-state index in [0.29, 0.717) is 23.0 Å². The van der Waals surface area contributed by atoms with Crippen LogP contribution < -0.4 is 21.7 Å². The third-order valence-electron chi connectivity index (χ3n) is 11.0. The molecule has 0 saturated heterocycles. The first-order chi connectivity index (χ1) is 33.6. The number of fused-ring (bicyclic) bond motifs is 6. The Labute approximate surface area is 394 Å². The number of hydrogen-bond donors (Lipinski definition) is 9. The minimum absolute atomic E-state index is 0.0633. The van der Waals surface area contributed by atoms with E-state index in [-0.39, 0.29) is 15.8 Å². The highest BCUT2D eigenvalue weighted by Gasteiger charge is 2.22. The maximum Gasteiger partial charge on any atom is 0.269 e. The Balaban J connectivity index is 0.000000126. The van der Waals surface area contributed by atoms with Gasteiger partial charge in [0.1, 0.15) is 17.3 Å². The maximum absolute atomic E-state index is 13.1. The molecule has 0 fully saturated rings. The molecule has 13 rings (SSSR count). The van der Waals surface area contributed by atoms with Crippen molar-refractivity contribution in [3.8, 4) is 0 Å². The Morgan fingerprint density at radius 2 is 1.22 bits per heavy atom. The van der Waals surface area contributed by atoms with Gasteiger partial charge >= 0.3 is 0 Å². The van der Waals surface area contributed by atoms with Crippen molar-refractivity contribution in [3.63, 3.8) is 0 Å². The number of nitrogen functional groups attached to an aromatic ring is 1. The minimum atomic E-state index is -3.84. The highest BCUT2D eigenvalue weighted by molar-refractivity contribution is 7.90. The third-order valence-corrected chi connectivity index (χ3v) is 12.9. The Kier molecular flexibility index (Phi) is 10.7. The lowest BCUT2D eigenvalue weighted by atomic mass is 10.2. The van der Waals surface area contributed by atoms with Crippen LogP contribution in [0.3, 0.4) is 0 Å². The molecule has 0 saturated carbocycles. The van der Waals surface area contributed by atoms with Crippen LogP contribution in [-0.4, -0.2) is 77.6 Å². The van der Waals surface area contributed by atoms with Crippen molar-refractivity contribution in [1.82, 2.24) is 69.2 Å². The highest BCUT2D eigenvalue weighted by Crippen LogP contribution is 2.31. The second kappa shape index (κ2) is 17.5. The normalized spacial score (nSPS) is 11.5. The quantitative estimate of drug-likeness (QED) is 0.0507. The summed E-state index contributed by atoms with van der Waals surface area (Å²) < 4.78 is 27.4. The lowest BCUT2D eigenvalue weighted by molar-refractivity contribution is 0.588. The lowest BCUT2D eigenvalue weighted by Crippen LogP contribution is -2.12. The van der Waals surface area contributed by atoms with Crippen LogP contribution in [0.2, 0.25) is 5.28 Å². The predicted octanol–water partition coefficient (Wildman–Crippen LogP) is 9.59. The van der Waals surface area contributed by atoms with Gasteiger partial charge in [0, 0.05) is 45.9 Å². The van der Waals surface area contributed by atoms with Gasteiger partial charge in [-0.1, -0.05) is 17.7 Å². The predicted molar refractivity (Wildman–Crippen MR) is 269 cm³/mol. The van der Waals surface area contributed by atoms with Crippen molar-refractivity contribution in [3.05, 3.63) is 157 Å². The lowest BCUT2D eigenvalue weighted by Gasteiger charge is -2.10. The fourth-order valence-corrected chi connectivity index (χ4v) is 9.03. The first-order valence-corrected chi connectivity index (χ1v) is 22.9. The fourth-order valence-electron chi connectivity index (χ4n) is 7.57. The van der Waals surface area contributed by atoms with Gasteiger partial charge in [0.15, 0.2) is 5.65 Å². The molecule has 0 aliphatic heterocycles. The van der Waals surface area contributed by atoms with E-state index in [1.807, 2.05) is 92.0 Å². The molecule has 0 atom stereocenters. The number of imidazole rings is 2. The van der Waals surface area contributed by atoms with Crippen molar-refractivity contribution < 1.29 is 8.42 Å². The van der Waals surface area contributed by atoms with Crippen LogP contribution in [0.15, 0.2) is 152 Å². The number of nitrogens with one attached hydrogen (secondary N) is 8. The Morgan fingerprint density at radius 1 is 0.609 bits per heavy atom. The number of rotatable bonds is 8. The zero-order valence-electron chi connectivity index (χ0n) is 36.1. The highest BCUT2D eigenvalue weighted by atomic mass is 35.5. The van der Waals surface area contributed by atoms with E-state index in [0.717, 1.165) is 87.2 Å². The zero-order chi connectivity index (χ0) is 47.1. The number of aryl methyl sites for hydroxylation is 1. The van der Waals surface area contributed by atoms with E-state index in [9.17, 15) is 8.42 Å². The van der Waals surface area contributed by atoms with Gasteiger partial charge in [-0.15, -0.1) is 0 Å². The standard InChI is InChI=1S/C20H15ClN6O2S.C20H15N9.C7H7N3/c1-12-2-5-14(6-3-12)30(28,29)27-9-8-15-18(25-20(21)26-19(15)27)24-13-4-7-16-17(10-13)23-11-22-16;1-2-13(7-16-11(1)9-24-29-16)26-20-27-18-14(5-6-21-18)19(28-20)25-12-3-4-15-17(8-12)23-10-22-15;8-6-2-1-5-4-9-10-7(5)3-6/h2-11H,1H3,(H,22,23)(H,24,25,26);1-10H,(H,22,23)(H,24,29)(H3,21,25,26,27,28);1-4H,8H2,(H,9,10). The average Bonchev–Trinajstić information content (AvgIpc) is 4.21. The van der Waals surface area contributed by atoms with Crippen LogP contribution in [0.5, 0.6) is 0 Å². The van der Waals surface area contributed by atoms with E-state index in [2.05, 4.69) is 76.2 Å². The molecular weight excluding hydrogens is 916 g/mol. The molecule has 10 N–H and O–H groups in total. The molecule has 22 heteroatoms. The van der Waals surface area contributed by atoms with Crippen molar-refractivity contribution in [2.75, 3.05) is 21.7 Å². The summed E-state index contributed by atoms with van der Waals surface area (Å²) >= 11 is 6.13. The first kappa shape index (κ1) is 42.3. The number of anilines is 7. The molecule has 8 aromatic heterocycles. The molecule has 0 aliphatic rings. The molecule has 0 amide bonds. The molecule has 0 spiro atoms. The van der Waals surface area contributed by atoms with E-state index < -0.39 is 10.0 Å². The van der Waals surface area contributed by atoms with Gasteiger partial charge in [-0.3, -0.25) is 10.2 Å². The second-order valence-electron chi connectivity index (χ2n) is 15.7. The van der Waals surface area contributed by atoms with Gasteiger partial charge in [0.05, 0.1) is 73.8 Å². The number of H-pyrrole nitrogens is 5. The summed E-state index contributed by atoms with van der Waals surface area (Å²) in [5.41, 5.74) is 16.2. The topological polar surface area (TPSA) is 283 Å². The number of benzene rings is 5. The molecule has 0 unspecified atom stereocenters. The summed E-state index contributed by atoms with van der Waals surface area (Å²) in [6, 6.07) is 33.4. The summed E-state index contributed by atoms with van der Waals surface area (Å²) in [6.07, 6.45) is 10.2. The number of halogens is 1. The van der Waals surface area contributed by atoms with Gasteiger partial charge in [-0.2, -0.15) is 30.1 Å². The summed E-state index contributed by atoms with van der Waals surface area (Å²) in [5.74, 6) is 1.60. The number of hydrogen-bond acceptors (Lipinski definition) is 14. The van der Waals surface area contributed by atoms with Crippen molar-refractivity contribution >= 4 is 128 Å². The second-order valence-corrected chi connectivity index (χ2v) is 17.8. The Hall–Kier alpha value is -9.34. The summed E-state index contributed by atoms with van der Waals surface area (Å²) in [7, 11) is -3.84. The van der Waals surface area contributed by atoms with Crippen LogP contribution >= 0.6 is 11.6 Å². The first-order valence-electron chi connectivity index (χ1n) is 21.1. The number of nitrogens with two attached hydrogens (primary N) is 1. The molecule has 5 aromatic carbocycles. The van der Waals surface area contributed by atoms with Crippen LogP contribution in [0.25, 0.3) is 65.9 Å². The van der Waals surface area contributed by atoms with Crippen LogP contribution in [0, 0.1) is 6.92 Å². The van der Waals surface area contributed by atoms with E-state index in [4.69, 9.17) is 22.3 Å². The van der Waals surface area contributed by atoms with Crippen LogP contribution in [0.1, 0.15) is 5.56 Å². The van der Waals surface area contributed by atoms with Gasteiger partial charge in [-0.25, -0.2) is 22.4 Å². The van der Waals surface area contributed by atoms with Gasteiger partial charge < -0.3 is 36.6 Å². The molecule has 0 aliphatic carbocycles. The van der Waals surface area contributed by atoms with Gasteiger partial charge in [-0.05, 0) is 116 Å². The third kappa shape index (κ3) is 8.64. The van der Waals surface area contributed by atoms with Crippen molar-refractivity contribution in [2.24, 2.45) is 0 Å². The van der Waals surface area contributed by atoms with Crippen LogP contribution in [0.4, 0.5) is 40.3 Å². The van der Waals surface area contributed by atoms with Gasteiger partial charge in [0.25, 0.3) is 10.0 Å². The molecule has 13 aromatic rings. The van der Waals surface area contributed by atoms with Gasteiger partial charge in [0.2, 0.25) is 11.2 Å². The number of nitrogens with zero attached hydrogens (tertiary/aromatic N) is 9. The molecule has 340 valence electrons. The summed E-state index contributed by atoms with van der Waals surface area (Å²) in [5, 5.41) is 27.1. The van der Waals surface area contributed by atoms with E-state index >= 15 is 0 Å².